The van der Waals surface area contributed by atoms with Crippen LogP contribution in [0.2, 0.25) is 0 Å². The first-order chi connectivity index (χ1) is 8.41. The van der Waals surface area contributed by atoms with E-state index in [1.807, 2.05) is 37.3 Å². The maximum Gasteiger partial charge on any atom is 0.300 e. The zero-order chi connectivity index (χ0) is 14.0. The van der Waals surface area contributed by atoms with E-state index in [2.05, 4.69) is 10.2 Å². The number of aliphatic carboxylic acids is 1. The number of nitrogens with zero attached hydrogens (tertiary/aromatic N) is 2. The van der Waals surface area contributed by atoms with Gasteiger partial charge in [0, 0.05) is 19.1 Å². The summed E-state index contributed by atoms with van der Waals surface area (Å²) in [6.07, 6.45) is 0.762. The maximum atomic E-state index is 9.00. The third-order valence-electron chi connectivity index (χ3n) is 1.64. The lowest BCUT2D eigenvalue weighted by atomic mass is 10.1. The summed E-state index contributed by atoms with van der Waals surface area (Å²) in [5, 5.41) is 14.9. The summed E-state index contributed by atoms with van der Waals surface area (Å²) in [6.45, 7) is 2.97. The predicted octanol–water partition coefficient (Wildman–Crippen LogP) is 0.969. The number of benzene rings is 1. The quantitative estimate of drug-likeness (QED) is 0.421. The van der Waals surface area contributed by atoms with Gasteiger partial charge in [0.15, 0.2) is 0 Å². The van der Waals surface area contributed by atoms with Crippen LogP contribution >= 0.6 is 0 Å². The van der Waals surface area contributed by atoms with Crippen LogP contribution in [-0.4, -0.2) is 22.7 Å². The third kappa shape index (κ3) is 10.2. The van der Waals surface area contributed by atoms with Crippen LogP contribution < -0.4 is 11.5 Å². The Labute approximate surface area is 106 Å². The fraction of sp³-hybridized carbons (Fsp3) is 0.250. The first kappa shape index (κ1) is 15.6. The van der Waals surface area contributed by atoms with Gasteiger partial charge in [0.2, 0.25) is 5.96 Å². The van der Waals surface area contributed by atoms with Crippen LogP contribution in [0.25, 0.3) is 0 Å². The minimum Gasteiger partial charge on any atom is -0.481 e. The van der Waals surface area contributed by atoms with Crippen molar-refractivity contribution in [2.24, 2.45) is 21.7 Å². The van der Waals surface area contributed by atoms with Crippen molar-refractivity contribution in [1.82, 2.24) is 0 Å². The number of carboxylic acid groups (broad SMARTS) is 1. The Morgan fingerprint density at radius 3 is 2.11 bits per heavy atom. The lowest BCUT2D eigenvalue weighted by molar-refractivity contribution is -0.134. The van der Waals surface area contributed by atoms with Gasteiger partial charge in [0.1, 0.15) is 0 Å². The summed E-state index contributed by atoms with van der Waals surface area (Å²) in [5.41, 5.74) is 12.4. The van der Waals surface area contributed by atoms with Crippen LogP contribution in [0.15, 0.2) is 40.5 Å². The molecule has 0 aliphatic carbocycles. The van der Waals surface area contributed by atoms with Crippen LogP contribution in [0.1, 0.15) is 19.4 Å². The number of rotatable bonds is 3. The average Bonchev–Trinajstić information content (AvgIpc) is 2.27. The molecular formula is C12H18N4O2. The monoisotopic (exact) mass is 250 g/mol. The molecule has 18 heavy (non-hydrogen) atoms. The van der Waals surface area contributed by atoms with Crippen LogP contribution in [-0.2, 0) is 11.2 Å². The van der Waals surface area contributed by atoms with Crippen molar-refractivity contribution in [3.63, 3.8) is 0 Å². The number of carbonyl (C=O) groups is 1. The summed E-state index contributed by atoms with van der Waals surface area (Å²) in [4.78, 5) is 9.00. The number of carboxylic acids is 1. The number of nitrogens with two attached hydrogens (primary N) is 2. The average molecular weight is 250 g/mol. The first-order valence-corrected chi connectivity index (χ1v) is 5.27. The number of hydrogen-bond acceptors (Lipinski definition) is 3. The molecule has 0 heterocycles. The highest BCUT2D eigenvalue weighted by Gasteiger charge is 1.94. The molecule has 0 spiro atoms. The Balaban J connectivity index is 0.000000631. The summed E-state index contributed by atoms with van der Waals surface area (Å²) >= 11 is 0. The van der Waals surface area contributed by atoms with Gasteiger partial charge >= 0.3 is 0 Å². The molecule has 1 aromatic carbocycles. The zero-order valence-electron chi connectivity index (χ0n) is 10.5. The molecule has 0 bridgehead atoms. The van der Waals surface area contributed by atoms with E-state index in [0.29, 0.717) is 0 Å². The molecule has 6 nitrogen and oxygen atoms in total. The van der Waals surface area contributed by atoms with Crippen molar-refractivity contribution in [3.05, 3.63) is 35.9 Å². The molecule has 0 aliphatic heterocycles. The molecule has 0 saturated carbocycles. The van der Waals surface area contributed by atoms with Crippen LogP contribution in [0.5, 0.6) is 0 Å². The van der Waals surface area contributed by atoms with Gasteiger partial charge in [-0.25, -0.2) is 0 Å². The maximum absolute atomic E-state index is 9.00. The van der Waals surface area contributed by atoms with E-state index in [-0.39, 0.29) is 5.96 Å². The lowest BCUT2D eigenvalue weighted by Gasteiger charge is -1.98. The van der Waals surface area contributed by atoms with Crippen LogP contribution in [0.4, 0.5) is 0 Å². The molecule has 0 aromatic heterocycles. The van der Waals surface area contributed by atoms with Gasteiger partial charge in [-0.05, 0) is 12.5 Å². The standard InChI is InChI=1S/C10H14N4.C2H4O2/c1-8(13-14-10(11)12)7-9-5-3-2-4-6-9;1-2(3)4/h2-6H,7H2,1H3,(H4,11,12,14);1H3,(H,3,4). The van der Waals surface area contributed by atoms with E-state index in [1.54, 1.807) is 0 Å². The first-order valence-electron chi connectivity index (χ1n) is 5.27. The van der Waals surface area contributed by atoms with E-state index < -0.39 is 5.97 Å². The Kier molecular flexibility index (Phi) is 7.59. The smallest absolute Gasteiger partial charge is 0.300 e. The molecule has 0 fully saturated rings. The van der Waals surface area contributed by atoms with E-state index >= 15 is 0 Å². The minimum atomic E-state index is -0.833. The highest BCUT2D eigenvalue weighted by Crippen LogP contribution is 2.00. The molecule has 1 rings (SSSR count). The van der Waals surface area contributed by atoms with E-state index in [4.69, 9.17) is 21.4 Å². The van der Waals surface area contributed by atoms with Crippen LogP contribution in [0.3, 0.4) is 0 Å². The second-order valence-electron chi connectivity index (χ2n) is 3.54. The molecule has 0 unspecified atom stereocenters. The van der Waals surface area contributed by atoms with E-state index in [9.17, 15) is 0 Å². The summed E-state index contributed by atoms with van der Waals surface area (Å²) < 4.78 is 0. The molecule has 0 amide bonds. The van der Waals surface area contributed by atoms with Gasteiger partial charge in [-0.15, -0.1) is 5.10 Å². The second kappa shape index (κ2) is 8.74. The normalized spacial score (nSPS) is 10.0. The van der Waals surface area contributed by atoms with Crippen molar-refractivity contribution < 1.29 is 9.90 Å². The predicted molar refractivity (Wildman–Crippen MR) is 72.4 cm³/mol. The fourth-order valence-corrected chi connectivity index (χ4v) is 1.07. The molecule has 6 heteroatoms. The van der Waals surface area contributed by atoms with Crippen molar-refractivity contribution in [2.45, 2.75) is 20.3 Å². The van der Waals surface area contributed by atoms with Gasteiger partial charge in [0.05, 0.1) is 0 Å². The van der Waals surface area contributed by atoms with Crippen molar-refractivity contribution in [3.8, 4) is 0 Å². The van der Waals surface area contributed by atoms with Crippen molar-refractivity contribution in [2.75, 3.05) is 0 Å². The van der Waals surface area contributed by atoms with E-state index in [1.165, 1.54) is 5.56 Å². The molecule has 0 saturated heterocycles. The summed E-state index contributed by atoms with van der Waals surface area (Å²) in [7, 11) is 0. The topological polar surface area (TPSA) is 114 Å². The highest BCUT2D eigenvalue weighted by molar-refractivity contribution is 5.85. The molecule has 0 aliphatic rings. The fourth-order valence-electron chi connectivity index (χ4n) is 1.07. The second-order valence-corrected chi connectivity index (χ2v) is 3.54. The SMILES string of the molecule is CC(=O)O.CC(Cc1ccccc1)=NN=C(N)N. The van der Waals surface area contributed by atoms with Crippen molar-refractivity contribution >= 4 is 17.6 Å². The molecule has 1 aromatic rings. The van der Waals surface area contributed by atoms with Crippen molar-refractivity contribution in [1.29, 1.82) is 0 Å². The largest absolute Gasteiger partial charge is 0.481 e. The molecular weight excluding hydrogens is 232 g/mol. The van der Waals surface area contributed by atoms with Gasteiger partial charge < -0.3 is 16.6 Å². The van der Waals surface area contributed by atoms with E-state index in [0.717, 1.165) is 19.1 Å². The van der Waals surface area contributed by atoms with Gasteiger partial charge in [-0.2, -0.15) is 5.10 Å². The minimum absolute atomic E-state index is 0.0163. The number of hydrogen-bond donors (Lipinski definition) is 3. The van der Waals surface area contributed by atoms with Gasteiger partial charge in [-0.1, -0.05) is 30.3 Å². The van der Waals surface area contributed by atoms with Crippen LogP contribution in [0, 0.1) is 0 Å². The Morgan fingerprint density at radius 2 is 1.67 bits per heavy atom. The molecule has 5 N–H and O–H groups in total. The Bertz CT molecular complexity index is 419. The summed E-state index contributed by atoms with van der Waals surface area (Å²) in [6, 6.07) is 10.0. The lowest BCUT2D eigenvalue weighted by Crippen LogP contribution is -2.22. The zero-order valence-corrected chi connectivity index (χ0v) is 10.5. The third-order valence-corrected chi connectivity index (χ3v) is 1.64. The Morgan fingerprint density at radius 1 is 1.17 bits per heavy atom. The Hall–Kier alpha value is -2.37. The highest BCUT2D eigenvalue weighted by atomic mass is 16.4. The number of guanidine groups is 1. The molecule has 0 atom stereocenters. The molecule has 0 radical (unpaired) electrons. The summed E-state index contributed by atoms with van der Waals surface area (Å²) in [5.74, 6) is -0.850. The van der Waals surface area contributed by atoms with Gasteiger partial charge in [0.25, 0.3) is 5.97 Å². The van der Waals surface area contributed by atoms with Gasteiger partial charge in [-0.3, -0.25) is 4.79 Å². The molecule has 98 valence electrons.